The van der Waals surface area contributed by atoms with E-state index in [1.54, 1.807) is 4.90 Å². The van der Waals surface area contributed by atoms with Crippen LogP contribution in [0.2, 0.25) is 0 Å². The minimum atomic E-state index is -0.512. The number of aromatic nitrogens is 3. The van der Waals surface area contributed by atoms with Crippen molar-refractivity contribution in [2.45, 2.75) is 66.0 Å². The molecule has 38 heavy (non-hydrogen) atoms. The second-order valence-corrected chi connectivity index (χ2v) is 11.1. The highest BCUT2D eigenvalue weighted by molar-refractivity contribution is 5.97. The molecule has 10 heteroatoms. The third kappa shape index (κ3) is 5.80. The lowest BCUT2D eigenvalue weighted by atomic mass is 9.76. The van der Waals surface area contributed by atoms with Crippen molar-refractivity contribution in [3.8, 4) is 11.6 Å². The van der Waals surface area contributed by atoms with Crippen LogP contribution in [0.25, 0.3) is 0 Å². The summed E-state index contributed by atoms with van der Waals surface area (Å²) in [5.41, 5.74) is 0.298. The highest BCUT2D eigenvalue weighted by Gasteiger charge is 2.50. The van der Waals surface area contributed by atoms with Crippen LogP contribution in [0.4, 0.5) is 10.2 Å². The van der Waals surface area contributed by atoms with E-state index in [1.807, 2.05) is 20.8 Å². The van der Waals surface area contributed by atoms with E-state index in [-0.39, 0.29) is 34.6 Å². The summed E-state index contributed by atoms with van der Waals surface area (Å²) in [6.07, 6.45) is 4.90. The number of anilines is 1. The van der Waals surface area contributed by atoms with Crippen LogP contribution in [0, 0.1) is 17.2 Å². The number of halogens is 1. The van der Waals surface area contributed by atoms with Crippen molar-refractivity contribution in [3.63, 3.8) is 0 Å². The Labute approximate surface area is 224 Å². The number of carbonyl (C=O) groups excluding carboxylic acids is 2. The Hall–Kier alpha value is -3.14. The summed E-state index contributed by atoms with van der Waals surface area (Å²) in [6, 6.07) is 4.28. The summed E-state index contributed by atoms with van der Waals surface area (Å²) in [7, 11) is 0. The van der Waals surface area contributed by atoms with Gasteiger partial charge in [-0.2, -0.15) is 0 Å². The molecule has 0 N–H and O–H groups in total. The van der Waals surface area contributed by atoms with Crippen LogP contribution in [-0.4, -0.2) is 82.0 Å². The molecule has 0 radical (unpaired) electrons. The van der Waals surface area contributed by atoms with Crippen LogP contribution in [0.15, 0.2) is 24.5 Å². The van der Waals surface area contributed by atoms with Gasteiger partial charge < -0.3 is 19.3 Å². The SMILES string of the molecule is CCN(C(=O)c1cc(F)ccc1Oc1nncnc1N1CCC2(C1)CN([C@H](CCC=O)C(C)C)C2)C(C)C. The molecular formula is C28H39FN6O3. The molecule has 1 aromatic carbocycles. The van der Waals surface area contributed by atoms with E-state index in [2.05, 4.69) is 38.8 Å². The summed E-state index contributed by atoms with van der Waals surface area (Å²) in [5.74, 6) is 0.650. The minimum Gasteiger partial charge on any atom is -0.434 e. The topological polar surface area (TPSA) is 91.8 Å². The number of amides is 1. The van der Waals surface area contributed by atoms with Crippen molar-refractivity contribution in [2.75, 3.05) is 37.6 Å². The summed E-state index contributed by atoms with van der Waals surface area (Å²) in [5, 5.41) is 8.11. The fourth-order valence-electron chi connectivity index (χ4n) is 5.90. The zero-order valence-corrected chi connectivity index (χ0v) is 23.1. The average Bonchev–Trinajstić information content (AvgIpc) is 3.31. The molecule has 4 rings (SSSR count). The highest BCUT2D eigenvalue weighted by Crippen LogP contribution is 2.44. The normalized spacial score (nSPS) is 17.6. The fraction of sp³-hybridized carbons (Fsp3) is 0.607. The van der Waals surface area contributed by atoms with Crippen LogP contribution >= 0.6 is 0 Å². The van der Waals surface area contributed by atoms with E-state index >= 15 is 0 Å². The van der Waals surface area contributed by atoms with Gasteiger partial charge in [-0.05, 0) is 57.7 Å². The van der Waals surface area contributed by atoms with Gasteiger partial charge >= 0.3 is 0 Å². The van der Waals surface area contributed by atoms with Crippen molar-refractivity contribution in [1.29, 1.82) is 0 Å². The van der Waals surface area contributed by atoms with E-state index in [4.69, 9.17) is 4.74 Å². The number of aldehydes is 1. The molecule has 2 fully saturated rings. The number of carbonyl (C=O) groups is 2. The van der Waals surface area contributed by atoms with Crippen LogP contribution in [0.3, 0.4) is 0 Å². The van der Waals surface area contributed by atoms with E-state index in [9.17, 15) is 14.0 Å². The van der Waals surface area contributed by atoms with Crippen LogP contribution < -0.4 is 9.64 Å². The molecule has 2 saturated heterocycles. The Morgan fingerprint density at radius 1 is 1.24 bits per heavy atom. The first-order valence-corrected chi connectivity index (χ1v) is 13.6. The molecule has 2 aromatic rings. The Kier molecular flexibility index (Phi) is 8.60. The van der Waals surface area contributed by atoms with Crippen LogP contribution in [0.5, 0.6) is 11.6 Å². The van der Waals surface area contributed by atoms with Gasteiger partial charge in [0.15, 0.2) is 5.82 Å². The second kappa shape index (κ2) is 11.7. The number of benzene rings is 1. The molecule has 0 saturated carbocycles. The third-order valence-electron chi connectivity index (χ3n) is 7.81. The number of likely N-dealkylation sites (tertiary alicyclic amines) is 1. The maximum absolute atomic E-state index is 14.2. The molecule has 1 amide bonds. The maximum Gasteiger partial charge on any atom is 0.282 e. The van der Waals surface area contributed by atoms with Gasteiger partial charge in [-0.15, -0.1) is 10.2 Å². The zero-order chi connectivity index (χ0) is 27.4. The van der Waals surface area contributed by atoms with Gasteiger partial charge in [0.05, 0.1) is 5.56 Å². The van der Waals surface area contributed by atoms with Crippen molar-refractivity contribution in [3.05, 3.63) is 35.9 Å². The minimum absolute atomic E-state index is 0.0473. The Balaban J connectivity index is 1.51. The van der Waals surface area contributed by atoms with E-state index in [0.29, 0.717) is 30.7 Å². The van der Waals surface area contributed by atoms with Gasteiger partial charge in [0, 0.05) is 56.6 Å². The predicted molar refractivity (Wildman–Crippen MR) is 143 cm³/mol. The summed E-state index contributed by atoms with van der Waals surface area (Å²) >= 11 is 0. The Morgan fingerprint density at radius 2 is 2.00 bits per heavy atom. The number of hydrogen-bond donors (Lipinski definition) is 0. The molecule has 0 unspecified atom stereocenters. The van der Waals surface area contributed by atoms with E-state index in [1.165, 1.54) is 24.5 Å². The molecular weight excluding hydrogens is 487 g/mol. The van der Waals surface area contributed by atoms with E-state index < -0.39 is 5.82 Å². The standard InChI is InChI=1S/C28H39FN6O3/c1-6-35(20(4)5)27(37)22-14-21(29)9-10-24(22)38-26-25(30-18-31-32-26)33-12-11-28(15-33)16-34(17-28)23(19(2)3)8-7-13-36/h9-10,13-14,18-20,23H,6-8,11-12,15-17H2,1-5H3/t23-/m1/s1. The molecule has 0 bridgehead atoms. The average molecular weight is 527 g/mol. The van der Waals surface area contributed by atoms with Crippen LogP contribution in [0.1, 0.15) is 64.2 Å². The first-order valence-electron chi connectivity index (χ1n) is 13.6. The van der Waals surface area contributed by atoms with Gasteiger partial charge in [0.2, 0.25) is 0 Å². The van der Waals surface area contributed by atoms with Crippen molar-refractivity contribution in [1.82, 2.24) is 25.0 Å². The molecule has 9 nitrogen and oxygen atoms in total. The number of ether oxygens (including phenoxy) is 1. The Morgan fingerprint density at radius 3 is 2.66 bits per heavy atom. The molecule has 1 aromatic heterocycles. The lowest BCUT2D eigenvalue weighted by molar-refractivity contribution is -0.108. The Bertz CT molecular complexity index is 1140. The molecule has 2 aliphatic rings. The molecule has 1 spiro atoms. The largest absolute Gasteiger partial charge is 0.434 e. The molecule has 206 valence electrons. The van der Waals surface area contributed by atoms with Crippen molar-refractivity contribution < 1.29 is 18.7 Å². The van der Waals surface area contributed by atoms with Gasteiger partial charge in [-0.1, -0.05) is 13.8 Å². The molecule has 2 aliphatic heterocycles. The quantitative estimate of drug-likeness (QED) is 0.403. The summed E-state index contributed by atoms with van der Waals surface area (Å²) < 4.78 is 20.3. The number of nitrogens with zero attached hydrogens (tertiary/aromatic N) is 6. The molecule has 0 aliphatic carbocycles. The summed E-state index contributed by atoms with van der Waals surface area (Å²) in [4.78, 5) is 35.0. The summed E-state index contributed by atoms with van der Waals surface area (Å²) in [6.45, 7) is 14.2. The maximum atomic E-state index is 14.2. The first kappa shape index (κ1) is 27.9. The smallest absolute Gasteiger partial charge is 0.282 e. The monoisotopic (exact) mass is 526 g/mol. The number of hydrogen-bond acceptors (Lipinski definition) is 8. The van der Waals surface area contributed by atoms with Gasteiger partial charge in [-0.25, -0.2) is 9.37 Å². The van der Waals surface area contributed by atoms with Gasteiger partial charge in [0.25, 0.3) is 11.8 Å². The fourth-order valence-corrected chi connectivity index (χ4v) is 5.90. The molecule has 1 atom stereocenters. The lowest BCUT2D eigenvalue weighted by Gasteiger charge is -2.52. The zero-order valence-electron chi connectivity index (χ0n) is 23.1. The predicted octanol–water partition coefficient (Wildman–Crippen LogP) is 4.19. The van der Waals surface area contributed by atoms with Crippen LogP contribution in [-0.2, 0) is 4.79 Å². The number of rotatable bonds is 11. The lowest BCUT2D eigenvalue weighted by Crippen LogP contribution is -2.61. The van der Waals surface area contributed by atoms with E-state index in [0.717, 1.165) is 45.3 Å². The van der Waals surface area contributed by atoms with Crippen molar-refractivity contribution in [2.24, 2.45) is 11.3 Å². The van der Waals surface area contributed by atoms with Gasteiger partial charge in [0.1, 0.15) is 24.2 Å². The highest BCUT2D eigenvalue weighted by atomic mass is 19.1. The van der Waals surface area contributed by atoms with Gasteiger partial charge in [-0.3, -0.25) is 9.69 Å². The van der Waals surface area contributed by atoms with Crippen molar-refractivity contribution >= 4 is 18.0 Å². The molecule has 3 heterocycles. The third-order valence-corrected chi connectivity index (χ3v) is 7.81. The second-order valence-electron chi connectivity index (χ2n) is 11.1. The first-order chi connectivity index (χ1) is 18.2.